The Morgan fingerprint density at radius 1 is 1.28 bits per heavy atom. The summed E-state index contributed by atoms with van der Waals surface area (Å²) in [7, 11) is -2.07. The van der Waals surface area contributed by atoms with Crippen LogP contribution in [-0.4, -0.2) is 33.1 Å². The molecule has 0 aliphatic heterocycles. The number of carboxylic acid groups (broad SMARTS) is 1. The number of hydrogen-bond acceptors (Lipinski definition) is 3. The fraction of sp³-hybridized carbons (Fsp3) is 0.909. The molecule has 0 aliphatic rings. The molecule has 0 amide bonds. The second-order valence-corrected chi connectivity index (χ2v) is 7.09. The van der Waals surface area contributed by atoms with Gasteiger partial charge in [0.25, 0.3) is 10.2 Å². The molecule has 0 rings (SSSR count). The van der Waals surface area contributed by atoms with Crippen molar-refractivity contribution in [3.63, 3.8) is 0 Å². The van der Waals surface area contributed by atoms with Crippen LogP contribution in [0.1, 0.15) is 40.0 Å². The SMILES string of the molecule is CNS(=O)(=O)NCCC(CCC(=O)O)C(C)(C)C. The van der Waals surface area contributed by atoms with E-state index in [1.807, 2.05) is 20.8 Å². The minimum atomic E-state index is -3.41. The minimum absolute atomic E-state index is 0.0411. The van der Waals surface area contributed by atoms with E-state index >= 15 is 0 Å². The summed E-state index contributed by atoms with van der Waals surface area (Å²) >= 11 is 0. The quantitative estimate of drug-likeness (QED) is 0.617. The molecule has 6 nitrogen and oxygen atoms in total. The first-order valence-corrected chi connectivity index (χ1v) is 7.46. The Hall–Kier alpha value is -0.660. The molecule has 0 radical (unpaired) electrons. The summed E-state index contributed by atoms with van der Waals surface area (Å²) in [6, 6.07) is 0. The van der Waals surface area contributed by atoms with Gasteiger partial charge >= 0.3 is 5.97 Å². The lowest BCUT2D eigenvalue weighted by atomic mass is 9.76. The number of carboxylic acids is 1. The molecule has 0 saturated carbocycles. The van der Waals surface area contributed by atoms with Crippen LogP contribution < -0.4 is 9.44 Å². The Morgan fingerprint density at radius 3 is 2.22 bits per heavy atom. The molecule has 0 heterocycles. The Morgan fingerprint density at radius 2 is 1.83 bits per heavy atom. The largest absolute Gasteiger partial charge is 0.481 e. The van der Waals surface area contributed by atoms with E-state index in [2.05, 4.69) is 9.44 Å². The fourth-order valence-corrected chi connectivity index (χ4v) is 2.28. The number of nitrogens with one attached hydrogen (secondary N) is 2. The molecular formula is C11H24N2O4S. The highest BCUT2D eigenvalue weighted by molar-refractivity contribution is 7.87. The number of hydrogen-bond donors (Lipinski definition) is 3. The first-order valence-electron chi connectivity index (χ1n) is 5.98. The van der Waals surface area contributed by atoms with Crippen LogP contribution in [0.3, 0.4) is 0 Å². The molecule has 0 aromatic rings. The van der Waals surface area contributed by atoms with Crippen molar-refractivity contribution in [3.05, 3.63) is 0 Å². The van der Waals surface area contributed by atoms with Crippen molar-refractivity contribution in [2.75, 3.05) is 13.6 Å². The average Bonchev–Trinajstić information content (AvgIpc) is 2.20. The molecule has 0 fully saturated rings. The van der Waals surface area contributed by atoms with Gasteiger partial charge in [-0.15, -0.1) is 0 Å². The molecule has 3 N–H and O–H groups in total. The van der Waals surface area contributed by atoms with Gasteiger partial charge in [-0.3, -0.25) is 4.79 Å². The monoisotopic (exact) mass is 280 g/mol. The normalized spacial score (nSPS) is 14.4. The molecule has 0 saturated heterocycles. The third kappa shape index (κ3) is 7.62. The molecule has 1 atom stereocenters. The van der Waals surface area contributed by atoms with Crippen molar-refractivity contribution in [1.82, 2.24) is 9.44 Å². The van der Waals surface area contributed by atoms with E-state index in [-0.39, 0.29) is 17.8 Å². The van der Waals surface area contributed by atoms with E-state index in [4.69, 9.17) is 5.11 Å². The summed E-state index contributed by atoms with van der Waals surface area (Å²) in [5.41, 5.74) is -0.0411. The fourth-order valence-electron chi connectivity index (χ4n) is 1.75. The third-order valence-electron chi connectivity index (χ3n) is 2.99. The molecule has 0 bridgehead atoms. The van der Waals surface area contributed by atoms with Gasteiger partial charge in [0.15, 0.2) is 0 Å². The Kier molecular flexibility index (Phi) is 6.80. The van der Waals surface area contributed by atoms with Gasteiger partial charge < -0.3 is 5.11 Å². The Balaban J connectivity index is 4.31. The lowest BCUT2D eigenvalue weighted by Crippen LogP contribution is -2.36. The summed E-state index contributed by atoms with van der Waals surface area (Å²) in [6.07, 6.45) is 1.29. The maximum absolute atomic E-state index is 11.2. The molecule has 0 aliphatic carbocycles. The Labute approximate surface area is 109 Å². The second kappa shape index (κ2) is 7.06. The van der Waals surface area contributed by atoms with Gasteiger partial charge in [0.05, 0.1) is 0 Å². The highest BCUT2D eigenvalue weighted by atomic mass is 32.2. The van der Waals surface area contributed by atoms with Gasteiger partial charge in [-0.05, 0) is 24.2 Å². The second-order valence-electron chi connectivity index (χ2n) is 5.39. The zero-order valence-electron chi connectivity index (χ0n) is 11.5. The van der Waals surface area contributed by atoms with Crippen LogP contribution >= 0.6 is 0 Å². The van der Waals surface area contributed by atoms with Crippen LogP contribution in [0.25, 0.3) is 0 Å². The molecule has 0 spiro atoms. The van der Waals surface area contributed by atoms with E-state index in [1.54, 1.807) is 0 Å². The summed E-state index contributed by atoms with van der Waals surface area (Å²) in [4.78, 5) is 10.6. The first kappa shape index (κ1) is 17.3. The van der Waals surface area contributed by atoms with Gasteiger partial charge in [-0.1, -0.05) is 20.8 Å². The predicted octanol–water partition coefficient (Wildman–Crippen LogP) is 0.957. The van der Waals surface area contributed by atoms with Crippen LogP contribution in [-0.2, 0) is 15.0 Å². The highest BCUT2D eigenvalue weighted by Crippen LogP contribution is 2.32. The summed E-state index contributed by atoms with van der Waals surface area (Å²) < 4.78 is 26.9. The van der Waals surface area contributed by atoms with Crippen molar-refractivity contribution in [2.45, 2.75) is 40.0 Å². The van der Waals surface area contributed by atoms with Crippen molar-refractivity contribution >= 4 is 16.2 Å². The van der Waals surface area contributed by atoms with Gasteiger partial charge in [-0.25, -0.2) is 9.44 Å². The van der Waals surface area contributed by atoms with Crippen LogP contribution in [0, 0.1) is 11.3 Å². The molecule has 108 valence electrons. The standard InChI is InChI=1S/C11H24N2O4S/c1-11(2,3)9(5-6-10(14)15)7-8-13-18(16,17)12-4/h9,12-13H,5-8H2,1-4H3,(H,14,15). The molecule has 0 aromatic carbocycles. The zero-order chi connectivity index (χ0) is 14.4. The lowest BCUT2D eigenvalue weighted by molar-refractivity contribution is -0.137. The topological polar surface area (TPSA) is 95.5 Å². The van der Waals surface area contributed by atoms with E-state index in [9.17, 15) is 13.2 Å². The minimum Gasteiger partial charge on any atom is -0.481 e. The lowest BCUT2D eigenvalue weighted by Gasteiger charge is -2.30. The molecule has 18 heavy (non-hydrogen) atoms. The van der Waals surface area contributed by atoms with Crippen molar-refractivity contribution in [1.29, 1.82) is 0 Å². The maximum atomic E-state index is 11.2. The number of rotatable bonds is 8. The summed E-state index contributed by atoms with van der Waals surface area (Å²) in [6.45, 7) is 6.41. The van der Waals surface area contributed by atoms with Gasteiger partial charge in [0.2, 0.25) is 0 Å². The molecule has 1 unspecified atom stereocenters. The van der Waals surface area contributed by atoms with Crippen molar-refractivity contribution in [2.24, 2.45) is 11.3 Å². The van der Waals surface area contributed by atoms with E-state index in [1.165, 1.54) is 7.05 Å². The van der Waals surface area contributed by atoms with Crippen LogP contribution in [0.2, 0.25) is 0 Å². The van der Waals surface area contributed by atoms with Gasteiger partial charge in [-0.2, -0.15) is 8.42 Å². The number of aliphatic carboxylic acids is 1. The van der Waals surface area contributed by atoms with Crippen LogP contribution in [0.15, 0.2) is 0 Å². The smallest absolute Gasteiger partial charge is 0.303 e. The highest BCUT2D eigenvalue weighted by Gasteiger charge is 2.25. The van der Waals surface area contributed by atoms with Gasteiger partial charge in [0, 0.05) is 20.0 Å². The predicted molar refractivity (Wildman–Crippen MR) is 70.4 cm³/mol. The average molecular weight is 280 g/mol. The van der Waals surface area contributed by atoms with E-state index < -0.39 is 16.2 Å². The summed E-state index contributed by atoms with van der Waals surface area (Å²) in [5.74, 6) is -0.659. The molecule has 7 heteroatoms. The van der Waals surface area contributed by atoms with Crippen LogP contribution in [0.4, 0.5) is 0 Å². The Bertz CT molecular complexity index is 360. The summed E-state index contributed by atoms with van der Waals surface area (Å²) in [5, 5.41) is 8.70. The zero-order valence-corrected chi connectivity index (χ0v) is 12.3. The van der Waals surface area contributed by atoms with E-state index in [0.717, 1.165) is 0 Å². The molecule has 0 aromatic heterocycles. The maximum Gasteiger partial charge on any atom is 0.303 e. The van der Waals surface area contributed by atoms with Crippen LogP contribution in [0.5, 0.6) is 0 Å². The van der Waals surface area contributed by atoms with E-state index in [0.29, 0.717) is 19.4 Å². The van der Waals surface area contributed by atoms with Crippen molar-refractivity contribution < 1.29 is 18.3 Å². The van der Waals surface area contributed by atoms with Gasteiger partial charge in [0.1, 0.15) is 0 Å². The molecular weight excluding hydrogens is 256 g/mol. The van der Waals surface area contributed by atoms with Crippen molar-refractivity contribution in [3.8, 4) is 0 Å². The third-order valence-corrected chi connectivity index (χ3v) is 4.11. The first-order chi connectivity index (χ1) is 8.08. The number of carbonyl (C=O) groups is 1.